The molecule has 0 bridgehead atoms. The van der Waals surface area contributed by atoms with Gasteiger partial charge in [-0.1, -0.05) is 0 Å². The van der Waals surface area contributed by atoms with Crippen molar-refractivity contribution in [3.8, 4) is 34.5 Å². The van der Waals surface area contributed by atoms with Crippen LogP contribution in [-0.2, 0) is 0 Å². The van der Waals surface area contributed by atoms with Gasteiger partial charge in [-0.15, -0.1) is 0 Å². The zero-order valence-electron chi connectivity index (χ0n) is 17.8. The smallest absolute Gasteiger partial charge is 0.343 e. The number of nitrogens with two attached hydrogens (primary N) is 2. The Morgan fingerprint density at radius 2 is 1.24 bits per heavy atom. The quantitative estimate of drug-likeness (QED) is 0.114. The Hall–Kier alpha value is -4.98. The van der Waals surface area contributed by atoms with Gasteiger partial charge in [0.05, 0.1) is 16.9 Å². The number of benzene rings is 4. The lowest BCUT2D eigenvalue weighted by molar-refractivity contribution is 0.0735. The zero-order chi connectivity index (χ0) is 24.1. The molecular formula is C26H20N2O6. The monoisotopic (exact) mass is 456 g/mol. The van der Waals surface area contributed by atoms with E-state index in [4.69, 9.17) is 25.7 Å². The molecule has 0 amide bonds. The Morgan fingerprint density at radius 1 is 0.706 bits per heavy atom. The summed E-state index contributed by atoms with van der Waals surface area (Å²) in [4.78, 5) is 23.3. The summed E-state index contributed by atoms with van der Waals surface area (Å²) >= 11 is 0. The number of phenols is 1. The van der Waals surface area contributed by atoms with Crippen LogP contribution in [0.15, 0.2) is 84.9 Å². The first-order valence-corrected chi connectivity index (χ1v) is 10.1. The lowest BCUT2D eigenvalue weighted by atomic mass is 10.2. The Bertz CT molecular complexity index is 1330. The van der Waals surface area contributed by atoms with Crippen molar-refractivity contribution >= 4 is 23.6 Å². The molecule has 170 valence electrons. The van der Waals surface area contributed by atoms with Crippen LogP contribution in [0.25, 0.3) is 0 Å². The first kappa shape index (κ1) is 22.2. The van der Waals surface area contributed by atoms with E-state index in [-0.39, 0.29) is 22.9 Å². The van der Waals surface area contributed by atoms with Crippen molar-refractivity contribution in [1.82, 2.24) is 0 Å². The number of nitrogen functional groups attached to an aromatic ring is 2. The molecule has 8 nitrogen and oxygen atoms in total. The van der Waals surface area contributed by atoms with Crippen LogP contribution in [0.5, 0.6) is 34.5 Å². The maximum atomic E-state index is 12.5. The van der Waals surface area contributed by atoms with Crippen molar-refractivity contribution in [2.45, 2.75) is 0 Å². The fourth-order valence-electron chi connectivity index (χ4n) is 2.98. The molecule has 0 heterocycles. The van der Waals surface area contributed by atoms with Crippen molar-refractivity contribution < 1.29 is 28.9 Å². The van der Waals surface area contributed by atoms with Crippen LogP contribution in [0.4, 0.5) is 11.4 Å². The van der Waals surface area contributed by atoms with Gasteiger partial charge in [-0.2, -0.15) is 0 Å². The van der Waals surface area contributed by atoms with E-state index in [1.807, 2.05) is 0 Å². The normalized spacial score (nSPS) is 10.4. The second kappa shape index (κ2) is 9.66. The molecule has 4 rings (SSSR count). The van der Waals surface area contributed by atoms with Gasteiger partial charge in [-0.05, 0) is 72.8 Å². The maximum absolute atomic E-state index is 12.5. The van der Waals surface area contributed by atoms with Gasteiger partial charge in [-0.25, -0.2) is 4.79 Å². The Balaban J connectivity index is 1.39. The molecule has 5 N–H and O–H groups in total. The van der Waals surface area contributed by atoms with Crippen molar-refractivity contribution in [2.24, 2.45) is 0 Å². The number of carbonyl (C=O) groups is 2. The molecule has 0 saturated heterocycles. The molecule has 4 aromatic carbocycles. The van der Waals surface area contributed by atoms with Gasteiger partial charge in [0.15, 0.2) is 5.75 Å². The fraction of sp³-hybridized carbons (Fsp3) is 0. The molecule has 0 atom stereocenters. The number of carbonyl (C=O) groups excluding carboxylic acids is 2. The lowest BCUT2D eigenvalue weighted by Crippen LogP contribution is -2.09. The van der Waals surface area contributed by atoms with E-state index in [0.717, 1.165) is 6.29 Å². The second-order valence-corrected chi connectivity index (χ2v) is 7.23. The number of anilines is 2. The van der Waals surface area contributed by atoms with E-state index < -0.39 is 5.97 Å². The van der Waals surface area contributed by atoms with E-state index in [9.17, 15) is 14.7 Å². The third-order valence-electron chi connectivity index (χ3n) is 4.76. The van der Waals surface area contributed by atoms with Crippen molar-refractivity contribution in [1.29, 1.82) is 0 Å². The van der Waals surface area contributed by atoms with Crippen LogP contribution in [0, 0.1) is 0 Å². The number of phenolic OH excluding ortho intramolecular Hbond substituents is 1. The summed E-state index contributed by atoms with van der Waals surface area (Å²) in [7, 11) is 0. The van der Waals surface area contributed by atoms with Crippen molar-refractivity contribution in [3.63, 3.8) is 0 Å². The highest BCUT2D eigenvalue weighted by Crippen LogP contribution is 2.32. The highest BCUT2D eigenvalue weighted by molar-refractivity contribution is 5.92. The third kappa shape index (κ3) is 5.25. The minimum Gasteiger partial charge on any atom is -0.506 e. The van der Waals surface area contributed by atoms with Gasteiger partial charge in [0.2, 0.25) is 0 Å². The molecule has 34 heavy (non-hydrogen) atoms. The number of aldehydes is 1. The molecule has 4 aromatic rings. The van der Waals surface area contributed by atoms with Gasteiger partial charge in [0.25, 0.3) is 0 Å². The zero-order valence-corrected chi connectivity index (χ0v) is 17.8. The van der Waals surface area contributed by atoms with E-state index in [1.54, 1.807) is 60.7 Å². The van der Waals surface area contributed by atoms with Crippen molar-refractivity contribution in [3.05, 3.63) is 96.1 Å². The van der Waals surface area contributed by atoms with Crippen LogP contribution in [0.3, 0.4) is 0 Å². The number of aromatic hydroxyl groups is 1. The molecule has 0 fully saturated rings. The van der Waals surface area contributed by atoms with E-state index in [0.29, 0.717) is 34.1 Å². The summed E-state index contributed by atoms with van der Waals surface area (Å²) < 4.78 is 16.8. The Labute approximate surface area is 194 Å². The van der Waals surface area contributed by atoms with Gasteiger partial charge >= 0.3 is 5.97 Å². The first-order valence-electron chi connectivity index (χ1n) is 10.1. The molecule has 0 aromatic heterocycles. The van der Waals surface area contributed by atoms with Gasteiger partial charge in [0.1, 0.15) is 35.0 Å². The maximum Gasteiger partial charge on any atom is 0.343 e. The highest BCUT2D eigenvalue weighted by Gasteiger charge is 2.12. The predicted molar refractivity (Wildman–Crippen MR) is 127 cm³/mol. The molecule has 0 unspecified atom stereocenters. The van der Waals surface area contributed by atoms with E-state index in [2.05, 4.69) is 0 Å². The molecule has 8 heteroatoms. The van der Waals surface area contributed by atoms with Crippen LogP contribution in [0.1, 0.15) is 20.7 Å². The van der Waals surface area contributed by atoms with Crippen LogP contribution >= 0.6 is 0 Å². The van der Waals surface area contributed by atoms with Gasteiger partial charge in [-0.3, -0.25) is 4.79 Å². The minimum atomic E-state index is -0.589. The average Bonchev–Trinajstić information content (AvgIpc) is 2.84. The average molecular weight is 456 g/mol. The predicted octanol–water partition coefficient (Wildman–Crippen LogP) is 5.17. The number of rotatable bonds is 7. The number of hydrogen-bond acceptors (Lipinski definition) is 8. The first-order chi connectivity index (χ1) is 16.4. The molecular weight excluding hydrogens is 436 g/mol. The van der Waals surface area contributed by atoms with E-state index >= 15 is 0 Å². The summed E-state index contributed by atoms with van der Waals surface area (Å²) in [5, 5.41) is 9.50. The standard InChI is InChI=1S/C26H20N2O6/c27-22-13-20(9-11-24(22)30)33-21-10-12-25(23(28)14-21)34-26(31)17-3-7-19(8-4-17)32-18-5-1-16(15-29)2-6-18/h1-15,30H,27-28H2. The van der Waals surface area contributed by atoms with Gasteiger partial charge < -0.3 is 30.8 Å². The number of hydrogen-bond donors (Lipinski definition) is 3. The Kier molecular flexibility index (Phi) is 6.31. The van der Waals surface area contributed by atoms with E-state index in [1.165, 1.54) is 24.3 Å². The SMILES string of the molecule is Nc1cc(Oc2ccc(OC(=O)c3ccc(Oc4ccc(C=O)cc4)cc3)c(N)c2)ccc1O. The topological polar surface area (TPSA) is 134 Å². The summed E-state index contributed by atoms with van der Waals surface area (Å²) in [5.41, 5.74) is 12.9. The molecule has 0 saturated carbocycles. The van der Waals surface area contributed by atoms with Crippen LogP contribution in [0.2, 0.25) is 0 Å². The summed E-state index contributed by atoms with van der Waals surface area (Å²) in [5.74, 6) is 1.46. The van der Waals surface area contributed by atoms with Crippen LogP contribution < -0.4 is 25.7 Å². The molecule has 0 aliphatic carbocycles. The summed E-state index contributed by atoms with van der Waals surface area (Å²) in [6.07, 6.45) is 0.753. The Morgan fingerprint density at radius 3 is 1.82 bits per heavy atom. The largest absolute Gasteiger partial charge is 0.506 e. The molecule has 0 aliphatic heterocycles. The van der Waals surface area contributed by atoms with Crippen LogP contribution in [-0.4, -0.2) is 17.4 Å². The lowest BCUT2D eigenvalue weighted by Gasteiger charge is -2.11. The third-order valence-corrected chi connectivity index (χ3v) is 4.76. The number of ether oxygens (including phenoxy) is 3. The fourth-order valence-corrected chi connectivity index (χ4v) is 2.98. The molecule has 0 aliphatic rings. The van der Waals surface area contributed by atoms with Crippen molar-refractivity contribution in [2.75, 3.05) is 11.5 Å². The molecule has 0 spiro atoms. The molecule has 0 radical (unpaired) electrons. The summed E-state index contributed by atoms with van der Waals surface area (Å²) in [6.45, 7) is 0. The second-order valence-electron chi connectivity index (χ2n) is 7.23. The number of esters is 1. The highest BCUT2D eigenvalue weighted by atomic mass is 16.5. The minimum absolute atomic E-state index is 0.0398. The van der Waals surface area contributed by atoms with Gasteiger partial charge in [0, 0.05) is 17.7 Å². The summed E-state index contributed by atoms with van der Waals surface area (Å²) in [6, 6.07) is 22.1.